The van der Waals surface area contributed by atoms with Gasteiger partial charge in [-0.15, -0.1) is 0 Å². The maximum Gasteiger partial charge on any atom is 0.348 e. The lowest BCUT2D eigenvalue weighted by Gasteiger charge is -2.19. The molecule has 1 N–H and O–H groups in total. The number of benzene rings is 1. The van der Waals surface area contributed by atoms with Crippen LogP contribution in [0.1, 0.15) is 43.5 Å². The molecule has 1 heterocycles. The monoisotopic (exact) mass is 428 g/mol. The number of nitrogens with one attached hydrogen (secondary N) is 1. The number of fused-ring (bicyclic) bond motifs is 1. The number of aromatic nitrogens is 2. The van der Waals surface area contributed by atoms with Gasteiger partial charge in [-0.2, -0.15) is 4.98 Å². The van der Waals surface area contributed by atoms with Gasteiger partial charge < -0.3 is 10.2 Å². The second-order valence-electron chi connectivity index (χ2n) is 7.72. The molecule has 6 nitrogen and oxygen atoms in total. The summed E-state index contributed by atoms with van der Waals surface area (Å²) >= 11 is 1.37. The lowest BCUT2D eigenvalue weighted by atomic mass is 10.2. The first-order chi connectivity index (χ1) is 14.5. The predicted molar refractivity (Wildman–Crippen MR) is 123 cm³/mol. The van der Waals surface area contributed by atoms with E-state index in [0.717, 1.165) is 72.9 Å². The summed E-state index contributed by atoms with van der Waals surface area (Å²) < 4.78 is 1.86. The molecule has 0 radical (unpaired) electrons. The van der Waals surface area contributed by atoms with Gasteiger partial charge in [0.1, 0.15) is 5.03 Å². The number of anilines is 1. The first kappa shape index (κ1) is 22.6. The third-order valence-electron chi connectivity index (χ3n) is 5.59. The molecule has 0 saturated heterocycles. The van der Waals surface area contributed by atoms with Crippen molar-refractivity contribution in [1.82, 2.24) is 14.5 Å². The van der Waals surface area contributed by atoms with Crippen LogP contribution in [0, 0.1) is 6.92 Å². The van der Waals surface area contributed by atoms with Gasteiger partial charge in [-0.1, -0.05) is 37.7 Å². The van der Waals surface area contributed by atoms with Crippen LogP contribution in [0.25, 0.3) is 0 Å². The van der Waals surface area contributed by atoms with Crippen molar-refractivity contribution < 1.29 is 4.79 Å². The fourth-order valence-electron chi connectivity index (χ4n) is 3.98. The lowest BCUT2D eigenvalue weighted by Crippen LogP contribution is -2.30. The molecule has 1 aliphatic carbocycles. The third kappa shape index (κ3) is 5.73. The molecule has 1 aromatic heterocycles. The summed E-state index contributed by atoms with van der Waals surface area (Å²) in [6, 6.07) is 7.74. The second-order valence-corrected chi connectivity index (χ2v) is 8.68. The molecular formula is C23H32N4O2S. The Hall–Kier alpha value is -2.12. The van der Waals surface area contributed by atoms with Crippen molar-refractivity contribution in [3.63, 3.8) is 0 Å². The van der Waals surface area contributed by atoms with Crippen molar-refractivity contribution in [3.8, 4) is 0 Å². The summed E-state index contributed by atoms with van der Waals surface area (Å²) in [6.07, 6.45) is 3.84. The van der Waals surface area contributed by atoms with Crippen molar-refractivity contribution in [1.29, 1.82) is 0 Å². The third-order valence-corrected chi connectivity index (χ3v) is 6.61. The van der Waals surface area contributed by atoms with E-state index in [-0.39, 0.29) is 17.3 Å². The SMILES string of the molecule is CCN(CC)CCCn1c2c(c(SCC(=O)Nc3cccc(C)c3)nc1=O)CCC2. The summed E-state index contributed by atoms with van der Waals surface area (Å²) in [7, 11) is 0. The molecule has 0 fully saturated rings. The van der Waals surface area contributed by atoms with Crippen LogP contribution < -0.4 is 11.0 Å². The van der Waals surface area contributed by atoms with E-state index in [9.17, 15) is 9.59 Å². The average molecular weight is 429 g/mol. The molecule has 0 spiro atoms. The van der Waals surface area contributed by atoms with Gasteiger partial charge >= 0.3 is 5.69 Å². The zero-order valence-corrected chi connectivity index (χ0v) is 19.1. The highest BCUT2D eigenvalue weighted by Crippen LogP contribution is 2.29. The van der Waals surface area contributed by atoms with Gasteiger partial charge in [0.15, 0.2) is 0 Å². The number of amides is 1. The maximum atomic E-state index is 12.7. The van der Waals surface area contributed by atoms with Crippen molar-refractivity contribution in [2.45, 2.75) is 58.0 Å². The van der Waals surface area contributed by atoms with Crippen LogP contribution in [-0.4, -0.2) is 45.7 Å². The molecule has 7 heteroatoms. The Labute approximate surface area is 183 Å². The number of thioether (sulfide) groups is 1. The standard InChI is InChI=1S/C23H32N4O2S/c1-4-26(5-2)13-8-14-27-20-12-7-11-19(20)22(25-23(27)29)30-16-21(28)24-18-10-6-9-17(3)15-18/h6,9-10,15H,4-5,7-8,11-14,16H2,1-3H3,(H,24,28). The van der Waals surface area contributed by atoms with Crippen LogP contribution in [0.5, 0.6) is 0 Å². The van der Waals surface area contributed by atoms with Crippen molar-refractivity contribution >= 4 is 23.4 Å². The fraction of sp³-hybridized carbons (Fsp3) is 0.522. The molecule has 1 amide bonds. The predicted octanol–water partition coefficient (Wildman–Crippen LogP) is 3.50. The van der Waals surface area contributed by atoms with E-state index in [1.165, 1.54) is 11.8 Å². The number of carbonyl (C=O) groups excluding carboxylic acids is 1. The molecule has 1 aromatic carbocycles. The van der Waals surface area contributed by atoms with E-state index in [1.807, 2.05) is 35.8 Å². The molecule has 1 aliphatic rings. The lowest BCUT2D eigenvalue weighted by molar-refractivity contribution is -0.113. The van der Waals surface area contributed by atoms with E-state index in [2.05, 4.69) is 29.0 Å². The van der Waals surface area contributed by atoms with Crippen molar-refractivity contribution in [2.24, 2.45) is 0 Å². The van der Waals surface area contributed by atoms with Crippen LogP contribution in [0.15, 0.2) is 34.1 Å². The molecule has 0 atom stereocenters. The van der Waals surface area contributed by atoms with Crippen LogP contribution in [-0.2, 0) is 24.2 Å². The van der Waals surface area contributed by atoms with Gasteiger partial charge in [-0.25, -0.2) is 4.79 Å². The quantitative estimate of drug-likeness (QED) is 0.463. The largest absolute Gasteiger partial charge is 0.348 e. The van der Waals surface area contributed by atoms with E-state index in [0.29, 0.717) is 6.54 Å². The Morgan fingerprint density at radius 2 is 2.07 bits per heavy atom. The Morgan fingerprint density at radius 3 is 2.80 bits per heavy atom. The summed E-state index contributed by atoms with van der Waals surface area (Å²) in [5.41, 5.74) is 3.99. The van der Waals surface area contributed by atoms with Gasteiger partial charge in [-0.05, 0) is 69.9 Å². The van der Waals surface area contributed by atoms with Gasteiger partial charge in [0.25, 0.3) is 0 Å². The first-order valence-corrected chi connectivity index (χ1v) is 11.8. The van der Waals surface area contributed by atoms with E-state index in [1.54, 1.807) is 0 Å². The molecule has 2 aromatic rings. The van der Waals surface area contributed by atoms with Gasteiger partial charge in [0.05, 0.1) is 5.75 Å². The molecule has 0 aliphatic heterocycles. The minimum absolute atomic E-state index is 0.0810. The molecule has 0 bridgehead atoms. The number of nitrogens with zero attached hydrogens (tertiary/aromatic N) is 3. The van der Waals surface area contributed by atoms with Crippen LogP contribution in [0.3, 0.4) is 0 Å². The highest BCUT2D eigenvalue weighted by molar-refractivity contribution is 8.00. The van der Waals surface area contributed by atoms with E-state index in [4.69, 9.17) is 0 Å². The number of carbonyl (C=O) groups is 1. The smallest absolute Gasteiger partial charge is 0.325 e. The molecule has 3 rings (SSSR count). The highest BCUT2D eigenvalue weighted by atomic mass is 32.2. The molecule has 0 saturated carbocycles. The number of hydrogen-bond donors (Lipinski definition) is 1. The summed E-state index contributed by atoms with van der Waals surface area (Å²) in [4.78, 5) is 31.8. The Bertz CT molecular complexity index is 937. The van der Waals surface area contributed by atoms with Crippen molar-refractivity contribution in [3.05, 3.63) is 51.6 Å². The zero-order chi connectivity index (χ0) is 21.5. The Balaban J connectivity index is 1.65. The van der Waals surface area contributed by atoms with Crippen LogP contribution in [0.4, 0.5) is 5.69 Å². The van der Waals surface area contributed by atoms with E-state index < -0.39 is 0 Å². The summed E-state index contributed by atoms with van der Waals surface area (Å²) in [5.74, 6) is 0.168. The van der Waals surface area contributed by atoms with Crippen LogP contribution in [0.2, 0.25) is 0 Å². The maximum absolute atomic E-state index is 12.7. The fourth-order valence-corrected chi connectivity index (χ4v) is 4.86. The minimum Gasteiger partial charge on any atom is -0.325 e. The molecule has 162 valence electrons. The first-order valence-electron chi connectivity index (χ1n) is 10.9. The van der Waals surface area contributed by atoms with Gasteiger partial charge in [0, 0.05) is 23.5 Å². The highest BCUT2D eigenvalue weighted by Gasteiger charge is 2.22. The number of hydrogen-bond acceptors (Lipinski definition) is 5. The van der Waals surface area contributed by atoms with Crippen molar-refractivity contribution in [2.75, 3.05) is 30.7 Å². The summed E-state index contributed by atoms with van der Waals surface area (Å²) in [6.45, 7) is 10.1. The van der Waals surface area contributed by atoms with Gasteiger partial charge in [-0.3, -0.25) is 9.36 Å². The number of rotatable bonds is 10. The Kier molecular flexibility index (Phi) is 8.10. The van der Waals surface area contributed by atoms with E-state index >= 15 is 0 Å². The molecule has 30 heavy (non-hydrogen) atoms. The second kappa shape index (κ2) is 10.8. The average Bonchev–Trinajstić information content (AvgIpc) is 3.21. The normalized spacial score (nSPS) is 12.9. The number of aryl methyl sites for hydroxylation is 1. The zero-order valence-electron chi connectivity index (χ0n) is 18.2. The van der Waals surface area contributed by atoms with Gasteiger partial charge in [0.2, 0.25) is 5.91 Å². The summed E-state index contributed by atoms with van der Waals surface area (Å²) in [5, 5.41) is 3.65. The Morgan fingerprint density at radius 1 is 1.27 bits per heavy atom. The molecule has 0 unspecified atom stereocenters. The molecular weight excluding hydrogens is 396 g/mol. The van der Waals surface area contributed by atoms with Crippen LogP contribution >= 0.6 is 11.8 Å². The topological polar surface area (TPSA) is 67.2 Å². The minimum atomic E-state index is -0.184.